The van der Waals surface area contributed by atoms with Crippen LogP contribution in [0.5, 0.6) is 0 Å². The molecule has 1 aromatic carbocycles. The maximum absolute atomic E-state index is 13.0. The first-order valence-electron chi connectivity index (χ1n) is 6.92. The van der Waals surface area contributed by atoms with E-state index in [-0.39, 0.29) is 11.6 Å². The van der Waals surface area contributed by atoms with Crippen molar-refractivity contribution in [2.24, 2.45) is 5.92 Å². The summed E-state index contributed by atoms with van der Waals surface area (Å²) in [6.07, 6.45) is 1.53. The predicted molar refractivity (Wildman–Crippen MR) is 81.0 cm³/mol. The molecule has 0 saturated heterocycles. The fourth-order valence-corrected chi connectivity index (χ4v) is 1.73. The number of nitrogens with one attached hydrogen (secondary N) is 1. The van der Waals surface area contributed by atoms with Crippen LogP contribution in [0.15, 0.2) is 18.2 Å². The van der Waals surface area contributed by atoms with E-state index < -0.39 is 5.82 Å². The molecule has 1 aromatic rings. The van der Waals surface area contributed by atoms with Gasteiger partial charge in [0.1, 0.15) is 5.82 Å². The Balaban J connectivity index is 2.34. The third-order valence-electron chi connectivity index (χ3n) is 3.09. The normalized spacial score (nSPS) is 11.1. The van der Waals surface area contributed by atoms with Gasteiger partial charge in [-0.05, 0) is 44.1 Å². The molecule has 1 amide bonds. The predicted octanol–water partition coefficient (Wildman–Crippen LogP) is 2.71. The number of anilines is 2. The number of nitrogens with two attached hydrogens (primary N) is 1. The zero-order valence-corrected chi connectivity index (χ0v) is 12.4. The molecule has 0 atom stereocenters. The highest BCUT2D eigenvalue weighted by molar-refractivity contribution is 5.91. The molecule has 1 rings (SSSR count). The van der Waals surface area contributed by atoms with E-state index in [0.29, 0.717) is 24.6 Å². The number of carbonyl (C=O) groups excluding carboxylic acids is 1. The van der Waals surface area contributed by atoms with E-state index in [9.17, 15) is 9.18 Å². The molecule has 0 spiro atoms. The number of halogens is 1. The number of nitrogens with zero attached hydrogens (tertiary/aromatic N) is 1. The summed E-state index contributed by atoms with van der Waals surface area (Å²) < 4.78 is 13.0. The lowest BCUT2D eigenvalue weighted by Gasteiger charge is -2.17. The Morgan fingerprint density at radius 1 is 1.40 bits per heavy atom. The molecular formula is C15H24FN3O. The number of hydrogen-bond acceptors (Lipinski definition) is 3. The monoisotopic (exact) mass is 281 g/mol. The summed E-state index contributed by atoms with van der Waals surface area (Å²) in [6, 6.07) is 4.18. The number of nitrogen functional groups attached to an aromatic ring is 1. The Hall–Kier alpha value is -1.62. The van der Waals surface area contributed by atoms with Crippen LogP contribution in [0.3, 0.4) is 0 Å². The smallest absolute Gasteiger partial charge is 0.225 e. The van der Waals surface area contributed by atoms with Gasteiger partial charge in [0, 0.05) is 18.7 Å². The molecule has 0 aliphatic heterocycles. The van der Waals surface area contributed by atoms with Crippen molar-refractivity contribution in [1.29, 1.82) is 0 Å². The van der Waals surface area contributed by atoms with Crippen LogP contribution in [0.2, 0.25) is 0 Å². The molecule has 0 fully saturated rings. The lowest BCUT2D eigenvalue weighted by atomic mass is 10.1. The van der Waals surface area contributed by atoms with Gasteiger partial charge in [-0.2, -0.15) is 0 Å². The van der Waals surface area contributed by atoms with Gasteiger partial charge in [0.05, 0.1) is 5.69 Å². The van der Waals surface area contributed by atoms with Gasteiger partial charge in [0.25, 0.3) is 0 Å². The van der Waals surface area contributed by atoms with E-state index in [0.717, 1.165) is 13.0 Å². The topological polar surface area (TPSA) is 58.4 Å². The lowest BCUT2D eigenvalue weighted by molar-refractivity contribution is -0.116. The Kier molecular flexibility index (Phi) is 6.45. The van der Waals surface area contributed by atoms with E-state index in [1.54, 1.807) is 0 Å². The van der Waals surface area contributed by atoms with Crippen molar-refractivity contribution in [2.45, 2.75) is 26.7 Å². The van der Waals surface area contributed by atoms with E-state index in [4.69, 9.17) is 5.73 Å². The summed E-state index contributed by atoms with van der Waals surface area (Å²) in [5, 5.41) is 2.72. The van der Waals surface area contributed by atoms with Crippen LogP contribution in [0.4, 0.5) is 15.8 Å². The molecule has 0 heterocycles. The maximum Gasteiger partial charge on any atom is 0.225 e. The molecule has 4 nitrogen and oxygen atoms in total. The van der Waals surface area contributed by atoms with Crippen molar-refractivity contribution in [3.63, 3.8) is 0 Å². The van der Waals surface area contributed by atoms with Crippen LogP contribution in [0, 0.1) is 11.7 Å². The van der Waals surface area contributed by atoms with Crippen LogP contribution < -0.4 is 11.1 Å². The molecule has 0 saturated carbocycles. The molecular weight excluding hydrogens is 257 g/mol. The fourth-order valence-electron chi connectivity index (χ4n) is 1.73. The zero-order chi connectivity index (χ0) is 15.1. The minimum atomic E-state index is -0.476. The van der Waals surface area contributed by atoms with Crippen LogP contribution in [-0.4, -0.2) is 30.9 Å². The highest BCUT2D eigenvalue weighted by Crippen LogP contribution is 2.16. The van der Waals surface area contributed by atoms with Crippen molar-refractivity contribution >= 4 is 17.3 Å². The second kappa shape index (κ2) is 7.85. The van der Waals surface area contributed by atoms with Gasteiger partial charge < -0.3 is 16.0 Å². The SMILES string of the molecule is CC(C)CCN(C)CCC(=O)Nc1ccc(F)c(N)c1. The van der Waals surface area contributed by atoms with Gasteiger partial charge in [-0.1, -0.05) is 13.8 Å². The molecule has 20 heavy (non-hydrogen) atoms. The number of rotatable bonds is 7. The Labute approximate surface area is 120 Å². The molecule has 0 aromatic heterocycles. The van der Waals surface area contributed by atoms with E-state index in [2.05, 4.69) is 24.1 Å². The summed E-state index contributed by atoms with van der Waals surface area (Å²) in [6.45, 7) is 6.04. The van der Waals surface area contributed by atoms with Gasteiger partial charge in [0.2, 0.25) is 5.91 Å². The largest absolute Gasteiger partial charge is 0.396 e. The summed E-state index contributed by atoms with van der Waals surface area (Å²) in [5.41, 5.74) is 6.02. The van der Waals surface area contributed by atoms with Crippen molar-refractivity contribution in [3.8, 4) is 0 Å². The molecule has 5 heteroatoms. The molecule has 3 N–H and O–H groups in total. The van der Waals surface area contributed by atoms with Crippen molar-refractivity contribution in [1.82, 2.24) is 4.90 Å². The molecule has 0 aliphatic rings. The Bertz CT molecular complexity index is 449. The molecule has 0 radical (unpaired) electrons. The first-order chi connectivity index (χ1) is 9.38. The van der Waals surface area contributed by atoms with Gasteiger partial charge in [-0.15, -0.1) is 0 Å². The average molecular weight is 281 g/mol. The van der Waals surface area contributed by atoms with Crippen LogP contribution in [-0.2, 0) is 4.79 Å². The standard InChI is InChI=1S/C15H24FN3O/c1-11(2)6-8-19(3)9-7-15(20)18-12-4-5-13(16)14(17)10-12/h4-5,10-11H,6-9,17H2,1-3H3,(H,18,20). The van der Waals surface area contributed by atoms with Crippen molar-refractivity contribution < 1.29 is 9.18 Å². The second-order valence-electron chi connectivity index (χ2n) is 5.52. The Morgan fingerprint density at radius 3 is 2.70 bits per heavy atom. The minimum Gasteiger partial charge on any atom is -0.396 e. The third-order valence-corrected chi connectivity index (χ3v) is 3.09. The van der Waals surface area contributed by atoms with E-state index in [1.807, 2.05) is 7.05 Å². The average Bonchev–Trinajstić information content (AvgIpc) is 2.38. The van der Waals surface area contributed by atoms with Crippen molar-refractivity contribution in [2.75, 3.05) is 31.2 Å². The fraction of sp³-hybridized carbons (Fsp3) is 0.533. The molecule has 0 aliphatic carbocycles. The Morgan fingerprint density at radius 2 is 2.10 bits per heavy atom. The van der Waals surface area contributed by atoms with Crippen LogP contribution in [0.25, 0.3) is 0 Å². The van der Waals surface area contributed by atoms with E-state index in [1.165, 1.54) is 18.2 Å². The number of hydrogen-bond donors (Lipinski definition) is 2. The second-order valence-corrected chi connectivity index (χ2v) is 5.52. The van der Waals surface area contributed by atoms with Crippen LogP contribution >= 0.6 is 0 Å². The number of carbonyl (C=O) groups is 1. The van der Waals surface area contributed by atoms with Crippen LogP contribution in [0.1, 0.15) is 26.7 Å². The summed E-state index contributed by atoms with van der Waals surface area (Å²) in [4.78, 5) is 13.9. The van der Waals surface area contributed by atoms with Crippen molar-refractivity contribution in [3.05, 3.63) is 24.0 Å². The number of benzene rings is 1. The molecule has 112 valence electrons. The van der Waals surface area contributed by atoms with Gasteiger partial charge in [0.15, 0.2) is 0 Å². The van der Waals surface area contributed by atoms with Gasteiger partial charge in [-0.3, -0.25) is 4.79 Å². The maximum atomic E-state index is 13.0. The molecule has 0 bridgehead atoms. The summed E-state index contributed by atoms with van der Waals surface area (Å²) in [5.74, 6) is 0.0947. The first-order valence-corrected chi connectivity index (χ1v) is 6.92. The highest BCUT2D eigenvalue weighted by atomic mass is 19.1. The summed E-state index contributed by atoms with van der Waals surface area (Å²) >= 11 is 0. The zero-order valence-electron chi connectivity index (χ0n) is 12.4. The van der Waals surface area contributed by atoms with Gasteiger partial charge in [-0.25, -0.2) is 4.39 Å². The molecule has 0 unspecified atom stereocenters. The third kappa shape index (κ3) is 6.02. The highest BCUT2D eigenvalue weighted by Gasteiger charge is 2.07. The summed E-state index contributed by atoms with van der Waals surface area (Å²) in [7, 11) is 2.01. The van der Waals surface area contributed by atoms with E-state index >= 15 is 0 Å². The first kappa shape index (κ1) is 16.4. The quantitative estimate of drug-likeness (QED) is 0.756. The van der Waals surface area contributed by atoms with Gasteiger partial charge >= 0.3 is 0 Å². The lowest BCUT2D eigenvalue weighted by Crippen LogP contribution is -2.26. The number of amides is 1. The minimum absolute atomic E-state index is 0.0388.